The minimum Gasteiger partial charge on any atom is -0.387 e. The first-order valence-corrected chi connectivity index (χ1v) is 13.9. The summed E-state index contributed by atoms with van der Waals surface area (Å²) in [6.07, 6.45) is 4.80. The van der Waals surface area contributed by atoms with E-state index < -0.39 is 41.5 Å². The van der Waals surface area contributed by atoms with Gasteiger partial charge in [-0.15, -0.1) is 0 Å². The molecule has 2 amide bonds. The molecule has 0 aliphatic carbocycles. The fraction of sp³-hybridized carbons (Fsp3) is 0.548. The summed E-state index contributed by atoms with van der Waals surface area (Å²) in [6, 6.07) is 17.6. The van der Waals surface area contributed by atoms with E-state index in [-0.39, 0.29) is 0 Å². The molecule has 6 heteroatoms. The molecule has 2 rings (SSSR count). The quantitative estimate of drug-likeness (QED) is 0.216. The summed E-state index contributed by atoms with van der Waals surface area (Å²) in [4.78, 5) is 26.3. The van der Waals surface area contributed by atoms with Crippen molar-refractivity contribution in [3.63, 3.8) is 0 Å². The highest BCUT2D eigenvalue weighted by Crippen LogP contribution is 2.35. The van der Waals surface area contributed by atoms with Crippen molar-refractivity contribution in [2.24, 2.45) is 0 Å². The molecule has 0 fully saturated rings. The van der Waals surface area contributed by atoms with E-state index in [1.165, 1.54) is 0 Å². The van der Waals surface area contributed by atoms with Crippen LogP contribution in [-0.4, -0.2) is 33.2 Å². The molecule has 0 aliphatic rings. The van der Waals surface area contributed by atoms with Crippen molar-refractivity contribution in [3.05, 3.63) is 71.8 Å². The van der Waals surface area contributed by atoms with Gasteiger partial charge >= 0.3 is 0 Å². The monoisotopic (exact) mass is 510 g/mol. The maximum Gasteiger partial charge on any atom is 0.230 e. The van der Waals surface area contributed by atoms with Crippen molar-refractivity contribution >= 4 is 11.8 Å². The molecule has 2 aromatic carbocycles. The van der Waals surface area contributed by atoms with Gasteiger partial charge in [-0.25, -0.2) is 0 Å². The zero-order chi connectivity index (χ0) is 27.3. The molecule has 0 saturated heterocycles. The molecule has 6 nitrogen and oxygen atoms in total. The summed E-state index contributed by atoms with van der Waals surface area (Å²) >= 11 is 0. The molecule has 0 saturated carbocycles. The zero-order valence-corrected chi connectivity index (χ0v) is 23.0. The van der Waals surface area contributed by atoms with Gasteiger partial charge in [-0.2, -0.15) is 0 Å². The van der Waals surface area contributed by atoms with E-state index in [4.69, 9.17) is 0 Å². The van der Waals surface area contributed by atoms with Crippen LogP contribution in [0, 0.1) is 0 Å². The van der Waals surface area contributed by atoms with Crippen molar-refractivity contribution in [2.45, 2.75) is 109 Å². The van der Waals surface area contributed by atoms with Crippen LogP contribution in [-0.2, 0) is 9.59 Å². The van der Waals surface area contributed by atoms with Crippen molar-refractivity contribution in [2.75, 3.05) is 0 Å². The Morgan fingerprint density at radius 3 is 1.19 bits per heavy atom. The molecule has 0 unspecified atom stereocenters. The average molecular weight is 511 g/mol. The highest BCUT2D eigenvalue weighted by Gasteiger charge is 2.39. The second kappa shape index (κ2) is 14.9. The van der Waals surface area contributed by atoms with Crippen molar-refractivity contribution < 1.29 is 19.8 Å². The molecular weight excluding hydrogens is 464 g/mol. The number of aliphatic hydroxyl groups is 2. The smallest absolute Gasteiger partial charge is 0.230 e. The van der Waals surface area contributed by atoms with Gasteiger partial charge < -0.3 is 20.8 Å². The van der Waals surface area contributed by atoms with Crippen molar-refractivity contribution in [1.82, 2.24) is 10.6 Å². The van der Waals surface area contributed by atoms with Gasteiger partial charge in [0.05, 0.1) is 23.3 Å². The summed E-state index contributed by atoms with van der Waals surface area (Å²) in [5.41, 5.74) is -0.621. The largest absolute Gasteiger partial charge is 0.387 e. The molecule has 0 radical (unpaired) electrons. The summed E-state index contributed by atoms with van der Waals surface area (Å²) < 4.78 is 0. The molecular formula is C31H46N2O4. The van der Waals surface area contributed by atoms with Crippen LogP contribution in [0.15, 0.2) is 60.7 Å². The first-order chi connectivity index (χ1) is 17.7. The van der Waals surface area contributed by atoms with E-state index >= 15 is 0 Å². The summed E-state index contributed by atoms with van der Waals surface area (Å²) in [5.74, 6) is -0.920. The first kappa shape index (κ1) is 30.5. The zero-order valence-electron chi connectivity index (χ0n) is 23.0. The van der Waals surface area contributed by atoms with Gasteiger partial charge in [0.15, 0.2) is 0 Å². The van der Waals surface area contributed by atoms with Gasteiger partial charge in [-0.05, 0) is 36.8 Å². The van der Waals surface area contributed by atoms with E-state index in [0.29, 0.717) is 25.7 Å². The van der Waals surface area contributed by atoms with Crippen LogP contribution in [0.25, 0.3) is 0 Å². The van der Waals surface area contributed by atoms with Gasteiger partial charge in [-0.1, -0.05) is 114 Å². The first-order valence-electron chi connectivity index (χ1n) is 13.9. The predicted molar refractivity (Wildman–Crippen MR) is 149 cm³/mol. The standard InChI is InChI=1S/C31H46N2O4/c1-5-19-30(36,20-6-2)28(24-15-11-9-12-16-24)32-26(34)23-27(35)33-29(25-17-13-10-14-18-25)31(37,21-7-3)22-8-4/h9-18,28-29,36-37H,5-8,19-23H2,1-4H3,(H,32,34)(H,33,35)/t28-,29-/m1/s1. The Bertz CT molecular complexity index is 859. The Labute approximate surface area is 222 Å². The molecule has 4 N–H and O–H groups in total. The minimum atomic E-state index is -1.12. The lowest BCUT2D eigenvalue weighted by Crippen LogP contribution is -2.49. The van der Waals surface area contributed by atoms with Crippen LogP contribution < -0.4 is 10.6 Å². The van der Waals surface area contributed by atoms with Gasteiger partial charge in [0.25, 0.3) is 0 Å². The third kappa shape index (κ3) is 8.68. The van der Waals surface area contributed by atoms with E-state index in [9.17, 15) is 19.8 Å². The highest BCUT2D eigenvalue weighted by atomic mass is 16.3. The van der Waals surface area contributed by atoms with E-state index in [1.54, 1.807) is 0 Å². The number of nitrogens with one attached hydrogen (secondary N) is 2. The van der Waals surface area contributed by atoms with Crippen molar-refractivity contribution in [1.29, 1.82) is 0 Å². The second-order valence-corrected chi connectivity index (χ2v) is 10.2. The Balaban J connectivity index is 2.26. The number of carbonyl (C=O) groups excluding carboxylic acids is 2. The summed E-state index contributed by atoms with van der Waals surface area (Å²) in [5, 5.41) is 29.1. The summed E-state index contributed by atoms with van der Waals surface area (Å²) in [7, 11) is 0. The van der Waals surface area contributed by atoms with Gasteiger partial charge in [0.2, 0.25) is 11.8 Å². The van der Waals surface area contributed by atoms with Gasteiger partial charge in [0, 0.05) is 0 Å². The second-order valence-electron chi connectivity index (χ2n) is 10.2. The van der Waals surface area contributed by atoms with Crippen molar-refractivity contribution in [3.8, 4) is 0 Å². The SMILES string of the molecule is CCCC(O)(CCC)[C@H](NC(=O)CC(=O)N[C@H](c1ccccc1)C(O)(CCC)CCC)c1ccccc1. The number of hydrogen-bond donors (Lipinski definition) is 4. The van der Waals surface area contributed by atoms with E-state index in [1.807, 2.05) is 88.4 Å². The number of carbonyl (C=O) groups is 2. The number of hydrogen-bond acceptors (Lipinski definition) is 4. The lowest BCUT2D eigenvalue weighted by Gasteiger charge is -2.38. The molecule has 0 bridgehead atoms. The highest BCUT2D eigenvalue weighted by molar-refractivity contribution is 5.97. The van der Waals surface area contributed by atoms with Crippen LogP contribution in [0.3, 0.4) is 0 Å². The fourth-order valence-electron chi connectivity index (χ4n) is 5.48. The van der Waals surface area contributed by atoms with Crippen LogP contribution >= 0.6 is 0 Å². The molecule has 2 atom stereocenters. The maximum absolute atomic E-state index is 13.2. The molecule has 2 aromatic rings. The Morgan fingerprint density at radius 1 is 0.622 bits per heavy atom. The van der Waals surface area contributed by atoms with E-state index in [2.05, 4.69) is 10.6 Å². The third-order valence-electron chi connectivity index (χ3n) is 7.00. The predicted octanol–water partition coefficient (Wildman–Crippen LogP) is 5.75. The maximum atomic E-state index is 13.2. The minimum absolute atomic E-state index is 0.394. The Kier molecular flexibility index (Phi) is 12.3. The fourth-order valence-corrected chi connectivity index (χ4v) is 5.48. The summed E-state index contributed by atoms with van der Waals surface area (Å²) in [6.45, 7) is 8.04. The number of benzene rings is 2. The molecule has 204 valence electrons. The number of amides is 2. The van der Waals surface area contributed by atoms with Gasteiger partial charge in [0.1, 0.15) is 6.42 Å². The van der Waals surface area contributed by atoms with Gasteiger partial charge in [-0.3, -0.25) is 9.59 Å². The average Bonchev–Trinajstić information content (AvgIpc) is 2.87. The molecule has 0 spiro atoms. The molecule has 37 heavy (non-hydrogen) atoms. The van der Waals surface area contributed by atoms with Crippen LogP contribution in [0.2, 0.25) is 0 Å². The normalized spacial score (nSPS) is 13.6. The number of rotatable bonds is 16. The molecule has 0 aromatic heterocycles. The topological polar surface area (TPSA) is 98.7 Å². The van der Waals surface area contributed by atoms with Crippen LogP contribution in [0.5, 0.6) is 0 Å². The van der Waals surface area contributed by atoms with Crippen LogP contribution in [0.1, 0.15) is 109 Å². The van der Waals surface area contributed by atoms with Crippen LogP contribution in [0.4, 0.5) is 0 Å². The van der Waals surface area contributed by atoms with E-state index in [0.717, 1.165) is 36.8 Å². The lowest BCUT2D eigenvalue weighted by molar-refractivity contribution is -0.133. The Morgan fingerprint density at radius 2 is 0.919 bits per heavy atom. The Hall–Kier alpha value is -2.70. The molecule has 0 heterocycles. The molecule has 0 aliphatic heterocycles. The lowest BCUT2D eigenvalue weighted by atomic mass is 9.81. The third-order valence-corrected chi connectivity index (χ3v) is 7.00.